The third-order valence-corrected chi connectivity index (χ3v) is 5.67. The fraction of sp³-hybridized carbons (Fsp3) is 0.160. The smallest absolute Gasteiger partial charge is 0.337 e. The van der Waals surface area contributed by atoms with Crippen LogP contribution in [0.3, 0.4) is 0 Å². The Kier molecular flexibility index (Phi) is 6.18. The minimum atomic E-state index is -0.388. The SMILES string of the molecule is COC(=O)c1ccc(CNc2c[nH]c3c(C(=O)NCc4ccc5c(c4)NC(=O)CO5)ncnc23)cc1. The number of carbonyl (C=O) groups excluding carboxylic acids is 3. The molecule has 0 spiro atoms. The van der Waals surface area contributed by atoms with Gasteiger partial charge in [-0.15, -0.1) is 0 Å². The van der Waals surface area contributed by atoms with E-state index in [-0.39, 0.29) is 36.6 Å². The summed E-state index contributed by atoms with van der Waals surface area (Å²) in [6, 6.07) is 12.4. The van der Waals surface area contributed by atoms with Gasteiger partial charge in [0.2, 0.25) is 0 Å². The normalized spacial score (nSPS) is 12.3. The first-order valence-corrected chi connectivity index (χ1v) is 11.1. The van der Waals surface area contributed by atoms with Gasteiger partial charge in [0.1, 0.15) is 17.6 Å². The van der Waals surface area contributed by atoms with Gasteiger partial charge in [0.15, 0.2) is 12.3 Å². The molecule has 0 saturated carbocycles. The third kappa shape index (κ3) is 4.67. The molecule has 0 bridgehead atoms. The first kappa shape index (κ1) is 22.8. The number of rotatable bonds is 7. The predicted octanol–water partition coefficient (Wildman–Crippen LogP) is 2.62. The summed E-state index contributed by atoms with van der Waals surface area (Å²) in [5.41, 5.74) is 4.81. The van der Waals surface area contributed by atoms with Gasteiger partial charge in [0.05, 0.1) is 29.6 Å². The Hall–Kier alpha value is -4.93. The Labute approximate surface area is 205 Å². The van der Waals surface area contributed by atoms with Crippen LogP contribution in [0.25, 0.3) is 11.0 Å². The predicted molar refractivity (Wildman–Crippen MR) is 131 cm³/mol. The minimum absolute atomic E-state index is 0.0124. The summed E-state index contributed by atoms with van der Waals surface area (Å²) in [4.78, 5) is 47.6. The molecule has 1 aliphatic rings. The number of hydrogen-bond acceptors (Lipinski definition) is 8. The van der Waals surface area contributed by atoms with Crippen LogP contribution in [0.15, 0.2) is 55.0 Å². The molecule has 2 aromatic carbocycles. The number of aromatic nitrogens is 3. The van der Waals surface area contributed by atoms with Crippen molar-refractivity contribution in [1.29, 1.82) is 0 Å². The molecule has 3 heterocycles. The quantitative estimate of drug-likeness (QED) is 0.292. The van der Waals surface area contributed by atoms with Crippen LogP contribution in [0.5, 0.6) is 5.75 Å². The average Bonchev–Trinajstić information content (AvgIpc) is 3.33. The topological polar surface area (TPSA) is 147 Å². The monoisotopic (exact) mass is 486 g/mol. The molecule has 0 unspecified atom stereocenters. The summed E-state index contributed by atoms with van der Waals surface area (Å²) in [6.07, 6.45) is 3.07. The lowest BCUT2D eigenvalue weighted by molar-refractivity contribution is -0.118. The van der Waals surface area contributed by atoms with Crippen LogP contribution < -0.4 is 20.7 Å². The lowest BCUT2D eigenvalue weighted by Gasteiger charge is -2.18. The van der Waals surface area contributed by atoms with E-state index in [1.54, 1.807) is 30.5 Å². The molecule has 0 radical (unpaired) electrons. The third-order valence-electron chi connectivity index (χ3n) is 5.67. The van der Waals surface area contributed by atoms with E-state index in [0.29, 0.717) is 40.3 Å². The standard InChI is InChI=1S/C25H22N6O5/c1-35-25(34)16-5-2-14(3-6-16)9-26-18-11-27-22-21(18)29-13-30-23(22)24(33)28-10-15-4-7-19-17(8-15)31-20(32)12-36-19/h2-8,11,13,26-27H,9-10,12H2,1H3,(H,28,33)(H,31,32). The summed E-state index contributed by atoms with van der Waals surface area (Å²) >= 11 is 0. The number of nitrogens with zero attached hydrogens (tertiary/aromatic N) is 2. The minimum Gasteiger partial charge on any atom is -0.482 e. The molecular weight excluding hydrogens is 464 g/mol. The fourth-order valence-corrected chi connectivity index (χ4v) is 3.83. The van der Waals surface area contributed by atoms with Gasteiger partial charge in [-0.2, -0.15) is 0 Å². The zero-order valence-corrected chi connectivity index (χ0v) is 19.3. The molecule has 0 atom stereocenters. The number of H-pyrrole nitrogens is 1. The van der Waals surface area contributed by atoms with Crippen LogP contribution >= 0.6 is 0 Å². The first-order valence-electron chi connectivity index (χ1n) is 11.1. The van der Waals surface area contributed by atoms with Gasteiger partial charge in [-0.3, -0.25) is 9.59 Å². The van der Waals surface area contributed by atoms with Crippen LogP contribution in [0, 0.1) is 0 Å². The Morgan fingerprint density at radius 1 is 1.08 bits per heavy atom. The summed E-state index contributed by atoms with van der Waals surface area (Å²) in [5, 5.41) is 8.89. The lowest BCUT2D eigenvalue weighted by atomic mass is 10.1. The van der Waals surface area contributed by atoms with Crippen molar-refractivity contribution in [3.05, 3.63) is 77.4 Å². The molecule has 11 nitrogen and oxygen atoms in total. The molecule has 5 rings (SSSR count). The van der Waals surface area contributed by atoms with E-state index in [9.17, 15) is 14.4 Å². The highest BCUT2D eigenvalue weighted by Gasteiger charge is 2.18. The van der Waals surface area contributed by atoms with E-state index in [1.807, 2.05) is 18.2 Å². The summed E-state index contributed by atoms with van der Waals surface area (Å²) in [6.45, 7) is 0.709. The summed E-state index contributed by atoms with van der Waals surface area (Å²) in [5.74, 6) is -0.386. The van der Waals surface area contributed by atoms with Crippen molar-refractivity contribution >= 4 is 40.2 Å². The number of esters is 1. The van der Waals surface area contributed by atoms with Crippen LogP contribution in [0.1, 0.15) is 32.0 Å². The van der Waals surface area contributed by atoms with Gasteiger partial charge in [-0.1, -0.05) is 18.2 Å². The molecule has 2 aromatic heterocycles. The van der Waals surface area contributed by atoms with Crippen LogP contribution in [-0.2, 0) is 22.6 Å². The Morgan fingerprint density at radius 2 is 1.89 bits per heavy atom. The Bertz CT molecular complexity index is 1460. The molecule has 0 fully saturated rings. The van der Waals surface area contributed by atoms with Gasteiger partial charge in [-0.25, -0.2) is 14.8 Å². The van der Waals surface area contributed by atoms with E-state index in [2.05, 4.69) is 30.9 Å². The lowest BCUT2D eigenvalue weighted by Crippen LogP contribution is -2.26. The van der Waals surface area contributed by atoms with E-state index in [1.165, 1.54) is 13.4 Å². The number of nitrogens with one attached hydrogen (secondary N) is 4. The number of ether oxygens (including phenoxy) is 2. The van der Waals surface area contributed by atoms with Gasteiger partial charge < -0.3 is 30.4 Å². The largest absolute Gasteiger partial charge is 0.482 e. The van der Waals surface area contributed by atoms with Gasteiger partial charge in [0, 0.05) is 19.3 Å². The van der Waals surface area contributed by atoms with Gasteiger partial charge in [-0.05, 0) is 35.4 Å². The van der Waals surface area contributed by atoms with Crippen molar-refractivity contribution in [3.8, 4) is 5.75 Å². The summed E-state index contributed by atoms with van der Waals surface area (Å²) < 4.78 is 10.1. The van der Waals surface area contributed by atoms with E-state index in [0.717, 1.165) is 11.1 Å². The maximum absolute atomic E-state index is 12.9. The first-order chi connectivity index (χ1) is 17.5. The molecule has 182 valence electrons. The Morgan fingerprint density at radius 3 is 2.69 bits per heavy atom. The van der Waals surface area contributed by atoms with Crippen LogP contribution in [0.4, 0.5) is 11.4 Å². The zero-order valence-electron chi connectivity index (χ0n) is 19.3. The van der Waals surface area contributed by atoms with E-state index < -0.39 is 0 Å². The second kappa shape index (κ2) is 9.74. The van der Waals surface area contributed by atoms with E-state index >= 15 is 0 Å². The van der Waals surface area contributed by atoms with Crippen molar-refractivity contribution in [3.63, 3.8) is 0 Å². The average molecular weight is 486 g/mol. The number of hydrogen-bond donors (Lipinski definition) is 4. The van der Waals surface area contributed by atoms with Crippen molar-refractivity contribution in [2.24, 2.45) is 0 Å². The number of fused-ring (bicyclic) bond motifs is 2. The number of benzene rings is 2. The van der Waals surface area contributed by atoms with Crippen molar-refractivity contribution < 1.29 is 23.9 Å². The number of aromatic amines is 1. The highest BCUT2D eigenvalue weighted by atomic mass is 16.5. The summed E-state index contributed by atoms with van der Waals surface area (Å²) in [7, 11) is 1.34. The molecular formula is C25H22N6O5. The maximum Gasteiger partial charge on any atom is 0.337 e. The van der Waals surface area contributed by atoms with Gasteiger partial charge >= 0.3 is 5.97 Å². The van der Waals surface area contributed by atoms with E-state index in [4.69, 9.17) is 9.47 Å². The zero-order chi connectivity index (χ0) is 25.1. The number of methoxy groups -OCH3 is 1. The Balaban J connectivity index is 1.26. The van der Waals surface area contributed by atoms with Gasteiger partial charge in [0.25, 0.3) is 11.8 Å². The maximum atomic E-state index is 12.9. The van der Waals surface area contributed by atoms with Crippen molar-refractivity contribution in [2.75, 3.05) is 24.4 Å². The molecule has 4 aromatic rings. The number of anilines is 2. The highest BCUT2D eigenvalue weighted by molar-refractivity contribution is 6.05. The van der Waals surface area contributed by atoms with Crippen molar-refractivity contribution in [2.45, 2.75) is 13.1 Å². The molecule has 0 aliphatic carbocycles. The number of amides is 2. The molecule has 4 N–H and O–H groups in total. The number of carbonyl (C=O) groups is 3. The highest BCUT2D eigenvalue weighted by Crippen LogP contribution is 2.28. The van der Waals surface area contributed by atoms with Crippen molar-refractivity contribution in [1.82, 2.24) is 20.3 Å². The molecule has 11 heteroatoms. The molecule has 2 amide bonds. The molecule has 1 aliphatic heterocycles. The second-order valence-electron chi connectivity index (χ2n) is 8.04. The molecule has 0 saturated heterocycles. The molecule has 36 heavy (non-hydrogen) atoms. The second-order valence-corrected chi connectivity index (χ2v) is 8.04. The van der Waals surface area contributed by atoms with Crippen LogP contribution in [-0.4, -0.2) is 46.5 Å². The van der Waals surface area contributed by atoms with Crippen LogP contribution in [0.2, 0.25) is 0 Å². The fourth-order valence-electron chi connectivity index (χ4n) is 3.83.